The number of hydrogen-bond donors (Lipinski definition) is 1. The summed E-state index contributed by atoms with van der Waals surface area (Å²) < 4.78 is 1.82. The minimum absolute atomic E-state index is 0.00384. The molecular formula is C17H26N4O. The van der Waals surface area contributed by atoms with Crippen LogP contribution in [0.1, 0.15) is 42.7 Å². The van der Waals surface area contributed by atoms with Crippen LogP contribution in [0.5, 0.6) is 0 Å². The summed E-state index contributed by atoms with van der Waals surface area (Å²) in [5.41, 5.74) is 1.56. The van der Waals surface area contributed by atoms with Crippen LogP contribution in [-0.4, -0.2) is 44.5 Å². The van der Waals surface area contributed by atoms with Gasteiger partial charge in [-0.2, -0.15) is 5.10 Å². The van der Waals surface area contributed by atoms with Crippen LogP contribution in [0.25, 0.3) is 0 Å². The highest BCUT2D eigenvalue weighted by Crippen LogP contribution is 2.26. The lowest BCUT2D eigenvalue weighted by molar-refractivity contribution is 0.0554. The second-order valence-electron chi connectivity index (χ2n) is 6.76. The van der Waals surface area contributed by atoms with Crippen molar-refractivity contribution >= 4 is 0 Å². The molecule has 5 heteroatoms. The molecule has 1 aromatic carbocycles. The molecule has 0 radical (unpaired) electrons. The van der Waals surface area contributed by atoms with Crippen LogP contribution in [0.2, 0.25) is 0 Å². The third-order valence-electron chi connectivity index (χ3n) is 3.50. The van der Waals surface area contributed by atoms with Crippen LogP contribution in [0.3, 0.4) is 0 Å². The Hall–Kier alpha value is -1.72. The summed E-state index contributed by atoms with van der Waals surface area (Å²) in [5.74, 6) is 1.58. The fourth-order valence-corrected chi connectivity index (χ4v) is 2.58. The molecule has 0 amide bonds. The first kappa shape index (κ1) is 16.6. The fourth-order valence-electron chi connectivity index (χ4n) is 2.58. The minimum Gasteiger partial charge on any atom is -0.389 e. The summed E-state index contributed by atoms with van der Waals surface area (Å²) in [4.78, 5) is 6.73. The average molecular weight is 302 g/mol. The Morgan fingerprint density at radius 1 is 1.18 bits per heavy atom. The first-order chi connectivity index (χ1) is 10.2. The van der Waals surface area contributed by atoms with Gasteiger partial charge in [-0.1, -0.05) is 29.8 Å². The number of benzene rings is 1. The van der Waals surface area contributed by atoms with Crippen LogP contribution in [-0.2, 0) is 6.54 Å². The summed E-state index contributed by atoms with van der Waals surface area (Å²) in [6.07, 6.45) is 0. The van der Waals surface area contributed by atoms with E-state index in [1.54, 1.807) is 13.8 Å². The normalized spacial score (nSPS) is 13.6. The van der Waals surface area contributed by atoms with Crippen LogP contribution < -0.4 is 0 Å². The highest BCUT2D eigenvalue weighted by atomic mass is 16.3. The third kappa shape index (κ3) is 3.93. The Balaban J connectivity index is 2.47. The van der Waals surface area contributed by atoms with Crippen molar-refractivity contribution in [3.05, 3.63) is 47.0 Å². The molecule has 120 valence electrons. The Labute approximate surface area is 132 Å². The first-order valence-electron chi connectivity index (χ1n) is 7.54. The van der Waals surface area contributed by atoms with E-state index in [0.29, 0.717) is 6.54 Å². The number of aromatic nitrogens is 3. The molecule has 0 aliphatic heterocycles. The number of rotatable bonds is 5. The summed E-state index contributed by atoms with van der Waals surface area (Å²) in [6.45, 7) is 7.94. The zero-order valence-electron chi connectivity index (χ0n) is 14.3. The fraction of sp³-hybridized carbons (Fsp3) is 0.529. The van der Waals surface area contributed by atoms with Gasteiger partial charge < -0.3 is 5.11 Å². The zero-order chi connectivity index (χ0) is 16.5. The van der Waals surface area contributed by atoms with Gasteiger partial charge in [0.15, 0.2) is 0 Å². The Bertz CT molecular complexity index is 623. The van der Waals surface area contributed by atoms with Crippen LogP contribution in [0.4, 0.5) is 0 Å². The van der Waals surface area contributed by atoms with E-state index < -0.39 is 5.60 Å². The van der Waals surface area contributed by atoms with E-state index in [1.165, 1.54) is 11.1 Å². The SMILES string of the molecule is Cc1ccc(C(c2nc(C)nn2CC(C)(C)O)N(C)C)cc1. The molecule has 1 heterocycles. The summed E-state index contributed by atoms with van der Waals surface area (Å²) in [6, 6.07) is 8.46. The van der Waals surface area contributed by atoms with E-state index in [9.17, 15) is 5.11 Å². The zero-order valence-corrected chi connectivity index (χ0v) is 14.3. The monoisotopic (exact) mass is 302 g/mol. The highest BCUT2D eigenvalue weighted by Gasteiger charge is 2.26. The lowest BCUT2D eigenvalue weighted by Gasteiger charge is -2.26. The van der Waals surface area contributed by atoms with Gasteiger partial charge in [-0.05, 0) is 47.4 Å². The smallest absolute Gasteiger partial charge is 0.149 e. The molecule has 1 atom stereocenters. The van der Waals surface area contributed by atoms with Crippen molar-refractivity contribution < 1.29 is 5.11 Å². The van der Waals surface area contributed by atoms with Gasteiger partial charge in [-0.15, -0.1) is 0 Å². The Kier molecular flexibility index (Phi) is 4.68. The standard InChI is InChI=1S/C17H26N4O/c1-12-7-9-14(10-8-12)15(20(5)6)16-18-13(2)19-21(16)11-17(3,4)22/h7-10,15,22H,11H2,1-6H3. The number of nitrogens with zero attached hydrogens (tertiary/aromatic N) is 4. The molecule has 0 aliphatic carbocycles. The van der Waals surface area contributed by atoms with E-state index in [-0.39, 0.29) is 6.04 Å². The van der Waals surface area contributed by atoms with Crippen LogP contribution in [0.15, 0.2) is 24.3 Å². The molecule has 1 unspecified atom stereocenters. The molecule has 2 rings (SSSR count). The van der Waals surface area contributed by atoms with E-state index in [2.05, 4.69) is 46.2 Å². The second kappa shape index (κ2) is 6.18. The predicted molar refractivity (Wildman–Crippen MR) is 87.8 cm³/mol. The van der Waals surface area contributed by atoms with Gasteiger partial charge >= 0.3 is 0 Å². The maximum Gasteiger partial charge on any atom is 0.149 e. The third-order valence-corrected chi connectivity index (χ3v) is 3.50. The molecule has 0 spiro atoms. The topological polar surface area (TPSA) is 54.2 Å². The Morgan fingerprint density at radius 3 is 2.27 bits per heavy atom. The summed E-state index contributed by atoms with van der Waals surface area (Å²) in [7, 11) is 4.06. The van der Waals surface area contributed by atoms with E-state index in [1.807, 2.05) is 25.7 Å². The van der Waals surface area contributed by atoms with Crippen molar-refractivity contribution in [1.82, 2.24) is 19.7 Å². The number of hydrogen-bond acceptors (Lipinski definition) is 4. The second-order valence-corrected chi connectivity index (χ2v) is 6.76. The van der Waals surface area contributed by atoms with Crippen molar-refractivity contribution in [2.75, 3.05) is 14.1 Å². The average Bonchev–Trinajstić information content (AvgIpc) is 2.70. The van der Waals surface area contributed by atoms with E-state index in [4.69, 9.17) is 0 Å². The number of aryl methyl sites for hydroxylation is 2. The quantitative estimate of drug-likeness (QED) is 0.921. The molecule has 22 heavy (non-hydrogen) atoms. The van der Waals surface area contributed by atoms with Crippen molar-refractivity contribution in [1.29, 1.82) is 0 Å². The van der Waals surface area contributed by atoms with Crippen molar-refractivity contribution in [3.63, 3.8) is 0 Å². The van der Waals surface area contributed by atoms with Gasteiger partial charge in [0.05, 0.1) is 18.2 Å². The van der Waals surface area contributed by atoms with Gasteiger partial charge in [-0.25, -0.2) is 9.67 Å². The summed E-state index contributed by atoms with van der Waals surface area (Å²) in [5, 5.41) is 14.6. The van der Waals surface area contributed by atoms with Gasteiger partial charge in [0.1, 0.15) is 11.6 Å². The molecule has 1 aromatic heterocycles. The van der Waals surface area contributed by atoms with Crippen LogP contribution >= 0.6 is 0 Å². The summed E-state index contributed by atoms with van der Waals surface area (Å²) >= 11 is 0. The molecule has 0 aliphatic rings. The van der Waals surface area contributed by atoms with Gasteiger partial charge in [0, 0.05) is 0 Å². The molecule has 5 nitrogen and oxygen atoms in total. The predicted octanol–water partition coefficient (Wildman–Crippen LogP) is 2.32. The molecule has 2 aromatic rings. The lowest BCUT2D eigenvalue weighted by atomic mass is 10.0. The molecular weight excluding hydrogens is 276 g/mol. The maximum atomic E-state index is 10.1. The lowest BCUT2D eigenvalue weighted by Crippen LogP contribution is -2.31. The molecule has 1 N–H and O–H groups in total. The van der Waals surface area contributed by atoms with Gasteiger partial charge in [0.2, 0.25) is 0 Å². The molecule has 0 saturated heterocycles. The Morgan fingerprint density at radius 2 is 1.77 bits per heavy atom. The highest BCUT2D eigenvalue weighted by molar-refractivity contribution is 5.28. The number of aliphatic hydroxyl groups is 1. The van der Waals surface area contributed by atoms with Crippen LogP contribution in [0, 0.1) is 13.8 Å². The molecule has 0 fully saturated rings. The van der Waals surface area contributed by atoms with Gasteiger partial charge in [-0.3, -0.25) is 4.90 Å². The van der Waals surface area contributed by atoms with Crippen molar-refractivity contribution in [2.24, 2.45) is 0 Å². The van der Waals surface area contributed by atoms with E-state index >= 15 is 0 Å². The van der Waals surface area contributed by atoms with Crippen molar-refractivity contribution in [2.45, 2.75) is 45.9 Å². The molecule has 0 saturated carbocycles. The largest absolute Gasteiger partial charge is 0.389 e. The first-order valence-corrected chi connectivity index (χ1v) is 7.54. The molecule has 0 bridgehead atoms. The van der Waals surface area contributed by atoms with E-state index in [0.717, 1.165) is 11.6 Å². The minimum atomic E-state index is -0.834. The maximum absolute atomic E-state index is 10.1. The van der Waals surface area contributed by atoms with Crippen molar-refractivity contribution in [3.8, 4) is 0 Å². The van der Waals surface area contributed by atoms with Gasteiger partial charge in [0.25, 0.3) is 0 Å².